The highest BCUT2D eigenvalue weighted by atomic mass is 16.6. The minimum Gasteiger partial charge on any atom is -0.493 e. The first-order valence-corrected chi connectivity index (χ1v) is 8.51. The number of aldehydes is 1. The van der Waals surface area contributed by atoms with Crippen LogP contribution in [0.1, 0.15) is 48.9 Å². The van der Waals surface area contributed by atoms with Gasteiger partial charge in [-0.2, -0.15) is 0 Å². The lowest BCUT2D eigenvalue weighted by Gasteiger charge is -2.22. The second-order valence-electron chi connectivity index (χ2n) is 6.03. The smallest absolute Gasteiger partial charge is 0.315 e. The van der Waals surface area contributed by atoms with Gasteiger partial charge in [0, 0.05) is 18.7 Å². The van der Waals surface area contributed by atoms with Gasteiger partial charge in [0.2, 0.25) is 0 Å². The number of hydrogen-bond acceptors (Lipinski definition) is 5. The van der Waals surface area contributed by atoms with Crippen LogP contribution in [0.2, 0.25) is 0 Å². The van der Waals surface area contributed by atoms with E-state index in [-0.39, 0.29) is 23.3 Å². The minimum absolute atomic E-state index is 0.0208. The van der Waals surface area contributed by atoms with Gasteiger partial charge in [0.25, 0.3) is 5.69 Å². The minimum atomic E-state index is -0.609. The lowest BCUT2D eigenvalue weighted by Crippen LogP contribution is -2.43. The van der Waals surface area contributed by atoms with Crippen molar-refractivity contribution in [3.8, 4) is 5.75 Å². The first kappa shape index (κ1) is 18.7. The number of nitro benzene ring substituents is 1. The molecule has 1 aromatic carbocycles. The summed E-state index contributed by atoms with van der Waals surface area (Å²) in [5, 5.41) is 16.5. The van der Waals surface area contributed by atoms with Gasteiger partial charge in [0.15, 0.2) is 6.29 Å². The molecule has 0 aromatic heterocycles. The molecule has 2 N–H and O–H groups in total. The van der Waals surface area contributed by atoms with Gasteiger partial charge in [-0.05, 0) is 31.4 Å². The third-order valence-electron chi connectivity index (χ3n) is 4.14. The predicted molar refractivity (Wildman–Crippen MR) is 92.0 cm³/mol. The molecule has 0 radical (unpaired) electrons. The van der Waals surface area contributed by atoms with E-state index >= 15 is 0 Å². The zero-order valence-corrected chi connectivity index (χ0v) is 14.0. The molecule has 0 aliphatic heterocycles. The first-order valence-electron chi connectivity index (χ1n) is 8.51. The van der Waals surface area contributed by atoms with E-state index in [9.17, 15) is 19.7 Å². The molecule has 0 atom stereocenters. The van der Waals surface area contributed by atoms with Gasteiger partial charge >= 0.3 is 6.03 Å². The van der Waals surface area contributed by atoms with E-state index in [0.717, 1.165) is 25.7 Å². The first-order chi connectivity index (χ1) is 12.1. The molecule has 2 amide bonds. The lowest BCUT2D eigenvalue weighted by molar-refractivity contribution is -0.385. The van der Waals surface area contributed by atoms with Crippen LogP contribution in [0.25, 0.3) is 0 Å². The molecule has 2 rings (SSSR count). The van der Waals surface area contributed by atoms with Crippen molar-refractivity contribution in [3.05, 3.63) is 33.9 Å². The molecular weight excluding hydrogens is 326 g/mol. The second kappa shape index (κ2) is 9.61. The molecule has 1 aliphatic carbocycles. The highest BCUT2D eigenvalue weighted by Crippen LogP contribution is 2.22. The number of nitro groups is 1. The summed E-state index contributed by atoms with van der Waals surface area (Å²) in [6.45, 7) is 0.798. The fourth-order valence-electron chi connectivity index (χ4n) is 2.83. The molecule has 1 fully saturated rings. The summed E-state index contributed by atoms with van der Waals surface area (Å²) in [7, 11) is 0. The van der Waals surface area contributed by atoms with Crippen LogP contribution in [-0.2, 0) is 0 Å². The zero-order chi connectivity index (χ0) is 18.1. The van der Waals surface area contributed by atoms with Gasteiger partial charge in [0.05, 0.1) is 17.1 Å². The van der Waals surface area contributed by atoms with Gasteiger partial charge in [0.1, 0.15) is 5.75 Å². The largest absolute Gasteiger partial charge is 0.493 e. The summed E-state index contributed by atoms with van der Waals surface area (Å²) >= 11 is 0. The summed E-state index contributed by atoms with van der Waals surface area (Å²) in [5.74, 6) is 0.388. The molecule has 1 saturated carbocycles. The number of ether oxygens (including phenoxy) is 1. The molecule has 0 unspecified atom stereocenters. The number of urea groups is 1. The summed E-state index contributed by atoms with van der Waals surface area (Å²) in [5.41, 5.74) is -0.268. The van der Waals surface area contributed by atoms with Crippen LogP contribution >= 0.6 is 0 Å². The summed E-state index contributed by atoms with van der Waals surface area (Å²) < 4.78 is 5.46. The number of carbonyl (C=O) groups is 2. The Labute approximate surface area is 146 Å². The molecule has 136 valence electrons. The van der Waals surface area contributed by atoms with Crippen LogP contribution < -0.4 is 15.4 Å². The Balaban J connectivity index is 1.66. The maximum absolute atomic E-state index is 11.8. The van der Waals surface area contributed by atoms with E-state index in [4.69, 9.17) is 4.74 Å². The summed E-state index contributed by atoms with van der Waals surface area (Å²) in [4.78, 5) is 32.8. The van der Waals surface area contributed by atoms with Crippen LogP contribution in [0.3, 0.4) is 0 Å². The molecule has 1 aliphatic rings. The Kier molecular flexibility index (Phi) is 7.18. The molecule has 0 heterocycles. The van der Waals surface area contributed by atoms with Crippen molar-refractivity contribution in [1.82, 2.24) is 10.6 Å². The van der Waals surface area contributed by atoms with Crippen LogP contribution in [0, 0.1) is 10.1 Å². The van der Waals surface area contributed by atoms with Crippen molar-refractivity contribution >= 4 is 18.0 Å². The van der Waals surface area contributed by atoms with Crippen molar-refractivity contribution in [2.24, 2.45) is 0 Å². The normalized spacial score (nSPS) is 14.6. The average molecular weight is 349 g/mol. The number of nitrogens with one attached hydrogen (secondary N) is 2. The third kappa shape index (κ3) is 6.06. The van der Waals surface area contributed by atoms with E-state index < -0.39 is 4.92 Å². The van der Waals surface area contributed by atoms with Gasteiger partial charge < -0.3 is 15.4 Å². The van der Waals surface area contributed by atoms with E-state index in [2.05, 4.69) is 10.6 Å². The Hall–Kier alpha value is -2.64. The van der Waals surface area contributed by atoms with E-state index in [1.165, 1.54) is 24.6 Å². The Bertz CT molecular complexity index is 614. The molecule has 25 heavy (non-hydrogen) atoms. The Morgan fingerprint density at radius 1 is 1.32 bits per heavy atom. The number of benzene rings is 1. The topological polar surface area (TPSA) is 111 Å². The van der Waals surface area contributed by atoms with Gasteiger partial charge in [-0.1, -0.05) is 19.3 Å². The number of carbonyl (C=O) groups excluding carboxylic acids is 2. The van der Waals surface area contributed by atoms with E-state index in [1.54, 1.807) is 0 Å². The molecule has 0 bridgehead atoms. The van der Waals surface area contributed by atoms with Crippen LogP contribution in [0.5, 0.6) is 5.75 Å². The second-order valence-corrected chi connectivity index (χ2v) is 6.03. The number of hydrogen-bond donors (Lipinski definition) is 2. The van der Waals surface area contributed by atoms with Crippen LogP contribution in [0.4, 0.5) is 10.5 Å². The lowest BCUT2D eigenvalue weighted by atomic mass is 9.96. The Morgan fingerprint density at radius 2 is 2.08 bits per heavy atom. The van der Waals surface area contributed by atoms with Gasteiger partial charge in [-0.25, -0.2) is 4.79 Å². The SMILES string of the molecule is O=Cc1cc(OCCCNC(=O)NC2CCCCC2)ccc1[N+](=O)[O-]. The standard InChI is InChI=1S/C17H23N3O5/c21-12-13-11-15(7-8-16(13)20(23)24)25-10-4-9-18-17(22)19-14-5-2-1-3-6-14/h7-8,11-12,14H,1-6,9-10H2,(H2,18,19,22). The predicted octanol–water partition coefficient (Wildman–Crippen LogP) is 2.81. The van der Waals surface area contributed by atoms with Crippen molar-refractivity contribution in [3.63, 3.8) is 0 Å². The Morgan fingerprint density at radius 3 is 2.76 bits per heavy atom. The summed E-state index contributed by atoms with van der Waals surface area (Å²) in [6, 6.07) is 4.15. The van der Waals surface area contributed by atoms with Crippen molar-refractivity contribution in [1.29, 1.82) is 0 Å². The molecule has 8 heteroatoms. The number of amides is 2. The molecule has 8 nitrogen and oxygen atoms in total. The van der Waals surface area contributed by atoms with E-state index in [1.807, 2.05) is 0 Å². The molecule has 1 aromatic rings. The monoisotopic (exact) mass is 349 g/mol. The van der Waals surface area contributed by atoms with Crippen molar-refractivity contribution in [2.75, 3.05) is 13.2 Å². The van der Waals surface area contributed by atoms with E-state index in [0.29, 0.717) is 31.6 Å². The molecular formula is C17H23N3O5. The van der Waals surface area contributed by atoms with Gasteiger partial charge in [-0.15, -0.1) is 0 Å². The third-order valence-corrected chi connectivity index (χ3v) is 4.14. The highest BCUT2D eigenvalue weighted by molar-refractivity contribution is 5.82. The van der Waals surface area contributed by atoms with Crippen LogP contribution in [-0.4, -0.2) is 36.4 Å². The fraction of sp³-hybridized carbons (Fsp3) is 0.529. The van der Waals surface area contributed by atoms with Crippen molar-refractivity contribution in [2.45, 2.75) is 44.6 Å². The fourth-order valence-corrected chi connectivity index (χ4v) is 2.83. The zero-order valence-electron chi connectivity index (χ0n) is 14.0. The maximum atomic E-state index is 11.8. The quantitative estimate of drug-likeness (QED) is 0.324. The summed E-state index contributed by atoms with van der Waals surface area (Å²) in [6.07, 6.45) is 6.67. The van der Waals surface area contributed by atoms with Crippen LogP contribution in [0.15, 0.2) is 18.2 Å². The average Bonchev–Trinajstić information content (AvgIpc) is 2.61. The van der Waals surface area contributed by atoms with Crippen molar-refractivity contribution < 1.29 is 19.2 Å². The highest BCUT2D eigenvalue weighted by Gasteiger charge is 2.15. The number of nitrogens with zero attached hydrogens (tertiary/aromatic N) is 1. The van der Waals surface area contributed by atoms with Gasteiger partial charge in [-0.3, -0.25) is 14.9 Å². The molecule has 0 spiro atoms. The molecule has 0 saturated heterocycles. The maximum Gasteiger partial charge on any atom is 0.315 e. The number of rotatable bonds is 8.